The summed E-state index contributed by atoms with van der Waals surface area (Å²) in [4.78, 5) is 24.1. The van der Waals surface area contributed by atoms with Gasteiger partial charge in [0.2, 0.25) is 0 Å². The van der Waals surface area contributed by atoms with Gasteiger partial charge in [0.1, 0.15) is 5.78 Å². The molecule has 0 spiro atoms. The molecule has 0 atom stereocenters. The molecular weight excluding hydrogens is 843 g/mol. The number of Topliss-reactive ketones (excluding diaryl/α,β-unsaturated/α-hetero) is 1. The van der Waals surface area contributed by atoms with Crippen molar-refractivity contribution in [3.05, 3.63) is 0 Å². The Morgan fingerprint density at radius 1 is 0.261 bits per heavy atom. The van der Waals surface area contributed by atoms with E-state index in [-0.39, 0.29) is 5.97 Å². The molecule has 69 heavy (non-hydrogen) atoms. The molecule has 0 fully saturated rings. The third-order valence-electron chi connectivity index (χ3n) is 15.4. The van der Waals surface area contributed by atoms with E-state index >= 15 is 0 Å². The maximum absolute atomic E-state index is 12.1. The molecule has 4 nitrogen and oxygen atoms in total. The quantitative estimate of drug-likeness (QED) is 0.0347. The van der Waals surface area contributed by atoms with Crippen LogP contribution in [0, 0.1) is 0 Å². The van der Waals surface area contributed by atoms with Crippen molar-refractivity contribution in [1.82, 2.24) is 0 Å². The van der Waals surface area contributed by atoms with Crippen molar-refractivity contribution in [2.24, 2.45) is 0 Å². The summed E-state index contributed by atoms with van der Waals surface area (Å²) >= 11 is 0. The van der Waals surface area contributed by atoms with Crippen molar-refractivity contribution < 1.29 is 18.8 Å². The standard InChI is InChI=1S/C65H130NO3/c1-5-6-7-8-9-10-11-12-13-14-15-16-17-18-19-20-21-22-23-24-25-26-27-28-29-30-31-32-33-34-35-36-37-38-39-40-41-42-43-44-45-46-47-50-53-58-63-69-65(68)61-55-52-49-48-51-54-59-64(67)60-56-57-62-66(2,3)4/h5-63H2,1-4H3/q+1. The first kappa shape index (κ1) is 68.1. The first-order valence-electron chi connectivity index (χ1n) is 32.3. The molecule has 0 rings (SSSR count). The van der Waals surface area contributed by atoms with Gasteiger partial charge in [-0.25, -0.2) is 0 Å². The molecule has 0 bridgehead atoms. The van der Waals surface area contributed by atoms with E-state index in [0.717, 1.165) is 75.2 Å². The largest absolute Gasteiger partial charge is 0.466 e. The average molecular weight is 974 g/mol. The predicted molar refractivity (Wildman–Crippen MR) is 308 cm³/mol. The van der Waals surface area contributed by atoms with E-state index in [2.05, 4.69) is 28.1 Å². The second kappa shape index (κ2) is 58.0. The number of carbonyl (C=O) groups excluding carboxylic acids is 2. The van der Waals surface area contributed by atoms with E-state index in [1.165, 1.54) is 295 Å². The van der Waals surface area contributed by atoms with Gasteiger partial charge in [0.05, 0.1) is 34.3 Å². The summed E-state index contributed by atoms with van der Waals surface area (Å²) in [6.45, 7) is 4.05. The fourth-order valence-electron chi connectivity index (χ4n) is 10.5. The van der Waals surface area contributed by atoms with Crippen molar-refractivity contribution in [3.63, 3.8) is 0 Å². The Kier molecular flexibility index (Phi) is 57.2. The van der Waals surface area contributed by atoms with Gasteiger partial charge in [-0.1, -0.05) is 322 Å². The van der Waals surface area contributed by atoms with Crippen LogP contribution >= 0.6 is 0 Å². The number of quaternary nitrogens is 1. The van der Waals surface area contributed by atoms with Crippen LogP contribution in [0.1, 0.15) is 373 Å². The fourth-order valence-corrected chi connectivity index (χ4v) is 10.5. The van der Waals surface area contributed by atoms with Crippen molar-refractivity contribution in [1.29, 1.82) is 0 Å². The summed E-state index contributed by atoms with van der Waals surface area (Å²) in [5.41, 5.74) is 0. The second-order valence-electron chi connectivity index (χ2n) is 23.8. The third-order valence-corrected chi connectivity index (χ3v) is 15.4. The lowest BCUT2D eigenvalue weighted by Gasteiger charge is -2.23. The highest BCUT2D eigenvalue weighted by Gasteiger charge is 2.08. The molecule has 0 aliphatic rings. The topological polar surface area (TPSA) is 43.4 Å². The third kappa shape index (κ3) is 63.2. The minimum atomic E-state index is -0.0156. The molecule has 4 heteroatoms. The van der Waals surface area contributed by atoms with E-state index in [0.29, 0.717) is 18.8 Å². The van der Waals surface area contributed by atoms with Crippen molar-refractivity contribution in [2.45, 2.75) is 373 Å². The lowest BCUT2D eigenvalue weighted by Crippen LogP contribution is -2.35. The summed E-state index contributed by atoms with van der Waals surface area (Å²) in [5.74, 6) is 0.422. The molecule has 0 aliphatic heterocycles. The number of ether oxygens (including phenoxy) is 1. The summed E-state index contributed by atoms with van der Waals surface area (Å²) in [6.07, 6.45) is 77.1. The van der Waals surface area contributed by atoms with Crippen LogP contribution in [0.4, 0.5) is 0 Å². The number of esters is 1. The van der Waals surface area contributed by atoms with Crippen LogP contribution < -0.4 is 0 Å². The van der Waals surface area contributed by atoms with E-state index in [4.69, 9.17) is 4.74 Å². The number of hydrogen-bond donors (Lipinski definition) is 0. The molecule has 0 aromatic carbocycles. The molecule has 0 heterocycles. The zero-order valence-electron chi connectivity index (χ0n) is 48.4. The highest BCUT2D eigenvalue weighted by atomic mass is 16.5. The lowest BCUT2D eigenvalue weighted by atomic mass is 10.0. The van der Waals surface area contributed by atoms with Gasteiger partial charge >= 0.3 is 5.97 Å². The van der Waals surface area contributed by atoms with Crippen LogP contribution in [0.25, 0.3) is 0 Å². The second-order valence-corrected chi connectivity index (χ2v) is 23.8. The Morgan fingerprint density at radius 2 is 0.464 bits per heavy atom. The minimum absolute atomic E-state index is 0.0156. The zero-order chi connectivity index (χ0) is 50.1. The van der Waals surface area contributed by atoms with Gasteiger partial charge in [-0.3, -0.25) is 9.59 Å². The zero-order valence-corrected chi connectivity index (χ0v) is 48.4. The van der Waals surface area contributed by atoms with E-state index in [1.54, 1.807) is 0 Å². The smallest absolute Gasteiger partial charge is 0.305 e. The first-order chi connectivity index (χ1) is 33.8. The molecule has 0 unspecified atom stereocenters. The highest BCUT2D eigenvalue weighted by molar-refractivity contribution is 5.78. The summed E-state index contributed by atoms with van der Waals surface area (Å²) in [7, 11) is 6.62. The van der Waals surface area contributed by atoms with Crippen LogP contribution in [0.15, 0.2) is 0 Å². The monoisotopic (exact) mass is 973 g/mol. The summed E-state index contributed by atoms with van der Waals surface area (Å²) < 4.78 is 6.46. The molecular formula is C65H130NO3+. The van der Waals surface area contributed by atoms with E-state index < -0.39 is 0 Å². The number of ketones is 1. The molecule has 0 aromatic rings. The SMILES string of the molecule is CCCCCCCCCCCCCCCCCCCCCCCCCCCCCCCCCCCCCCCCCCCCCCCCOC(=O)CCCCCCCCC(=O)CCCC[N+](C)(C)C. The molecule has 0 saturated heterocycles. The van der Waals surface area contributed by atoms with Crippen molar-refractivity contribution >= 4 is 11.8 Å². The molecule has 0 aromatic heterocycles. The Morgan fingerprint density at radius 3 is 0.710 bits per heavy atom. The molecule has 0 aliphatic carbocycles. The number of nitrogens with zero attached hydrogens (tertiary/aromatic N) is 1. The Hall–Kier alpha value is -0.900. The van der Waals surface area contributed by atoms with E-state index in [1.807, 2.05) is 0 Å². The van der Waals surface area contributed by atoms with Gasteiger partial charge in [-0.05, 0) is 32.1 Å². The molecule has 412 valence electrons. The summed E-state index contributed by atoms with van der Waals surface area (Å²) in [5, 5.41) is 0. The molecule has 0 saturated carbocycles. The molecule has 0 amide bonds. The fraction of sp³-hybridized carbons (Fsp3) is 0.969. The van der Waals surface area contributed by atoms with Crippen LogP contribution in [-0.2, 0) is 14.3 Å². The Labute approximate surface area is 436 Å². The normalized spacial score (nSPS) is 11.8. The Balaban J connectivity index is 3.15. The van der Waals surface area contributed by atoms with Gasteiger partial charge in [0, 0.05) is 19.3 Å². The first-order valence-corrected chi connectivity index (χ1v) is 32.3. The number of rotatable bonds is 61. The number of hydrogen-bond acceptors (Lipinski definition) is 3. The molecule has 0 N–H and O–H groups in total. The lowest BCUT2D eigenvalue weighted by molar-refractivity contribution is -0.870. The minimum Gasteiger partial charge on any atom is -0.466 e. The van der Waals surface area contributed by atoms with Gasteiger partial charge in [-0.2, -0.15) is 0 Å². The van der Waals surface area contributed by atoms with Gasteiger partial charge in [0.25, 0.3) is 0 Å². The van der Waals surface area contributed by atoms with Crippen molar-refractivity contribution in [3.8, 4) is 0 Å². The van der Waals surface area contributed by atoms with Crippen LogP contribution in [0.5, 0.6) is 0 Å². The van der Waals surface area contributed by atoms with Crippen LogP contribution in [0.3, 0.4) is 0 Å². The highest BCUT2D eigenvalue weighted by Crippen LogP contribution is 2.19. The average Bonchev–Trinajstić information content (AvgIpc) is 3.33. The van der Waals surface area contributed by atoms with Crippen LogP contribution in [0.2, 0.25) is 0 Å². The maximum atomic E-state index is 12.1. The maximum Gasteiger partial charge on any atom is 0.305 e. The number of unbranched alkanes of at least 4 members (excludes halogenated alkanes) is 51. The number of carbonyl (C=O) groups is 2. The van der Waals surface area contributed by atoms with E-state index in [9.17, 15) is 9.59 Å². The predicted octanol–water partition coefficient (Wildman–Crippen LogP) is 22.1. The Bertz CT molecular complexity index is 988. The van der Waals surface area contributed by atoms with Gasteiger partial charge in [0.15, 0.2) is 0 Å². The van der Waals surface area contributed by atoms with Gasteiger partial charge < -0.3 is 9.22 Å². The van der Waals surface area contributed by atoms with Crippen molar-refractivity contribution in [2.75, 3.05) is 34.3 Å². The van der Waals surface area contributed by atoms with Crippen LogP contribution in [-0.4, -0.2) is 50.5 Å². The molecule has 0 radical (unpaired) electrons. The van der Waals surface area contributed by atoms with Gasteiger partial charge in [-0.15, -0.1) is 0 Å². The summed E-state index contributed by atoms with van der Waals surface area (Å²) in [6, 6.07) is 0.